The number of hydrogen-bond acceptors (Lipinski definition) is 5. The van der Waals surface area contributed by atoms with E-state index in [-0.39, 0.29) is 5.78 Å². The van der Waals surface area contributed by atoms with Gasteiger partial charge in [0.2, 0.25) is 11.8 Å². The maximum atomic E-state index is 11.9. The molecule has 0 saturated carbocycles. The summed E-state index contributed by atoms with van der Waals surface area (Å²) in [5, 5.41) is 22.8. The molecule has 0 saturated heterocycles. The highest BCUT2D eigenvalue weighted by Gasteiger charge is 2.24. The van der Waals surface area contributed by atoms with Crippen molar-refractivity contribution in [1.29, 1.82) is 0 Å². The quantitative estimate of drug-likeness (QED) is 0.287. The summed E-state index contributed by atoms with van der Waals surface area (Å²) in [6.07, 6.45) is 0. The Hall–Kier alpha value is -0.0600. The summed E-state index contributed by atoms with van der Waals surface area (Å²) in [5.41, 5.74) is 1.02. The molecule has 1 rings (SSSR count). The summed E-state index contributed by atoms with van der Waals surface area (Å²) >= 11 is 5.77. The molecule has 0 heterocycles. The summed E-state index contributed by atoms with van der Waals surface area (Å²) in [6.45, 7) is -0.0282. The molecule has 1 aromatic rings. The van der Waals surface area contributed by atoms with E-state index in [9.17, 15) is 14.4 Å². The monoisotopic (exact) mass is 644 g/mol. The van der Waals surface area contributed by atoms with Gasteiger partial charge in [-0.1, -0.05) is 0 Å². The van der Waals surface area contributed by atoms with Crippen LogP contribution in [0.3, 0.4) is 0 Å². The van der Waals surface area contributed by atoms with E-state index in [2.05, 4.69) is 10.6 Å². The molecule has 0 unspecified atom stereocenters. The van der Waals surface area contributed by atoms with Gasteiger partial charge in [0.25, 0.3) is 0 Å². The lowest BCUT2D eigenvalue weighted by molar-refractivity contribution is -0.119. The molecule has 120 valence electrons. The van der Waals surface area contributed by atoms with Crippen molar-refractivity contribution >= 4 is 96.7 Å². The molecule has 7 nitrogen and oxygen atoms in total. The van der Waals surface area contributed by atoms with Gasteiger partial charge in [-0.3, -0.25) is 14.4 Å². The Bertz CT molecular complexity index is 603. The zero-order chi connectivity index (χ0) is 17.0. The number of halogens is 3. The van der Waals surface area contributed by atoms with Crippen LogP contribution in [-0.4, -0.2) is 41.0 Å². The van der Waals surface area contributed by atoms with Crippen molar-refractivity contribution in [3.63, 3.8) is 0 Å². The van der Waals surface area contributed by atoms with Crippen LogP contribution in [0.15, 0.2) is 0 Å². The van der Waals surface area contributed by atoms with Crippen LogP contribution in [-0.2, 0) is 9.59 Å². The lowest BCUT2D eigenvalue weighted by Gasteiger charge is -2.19. The third-order valence-corrected chi connectivity index (χ3v) is 5.72. The summed E-state index contributed by atoms with van der Waals surface area (Å²) < 4.78 is 1.53. The maximum absolute atomic E-state index is 11.9. The van der Waals surface area contributed by atoms with Crippen LogP contribution >= 0.6 is 67.8 Å². The molecule has 0 aromatic heterocycles. The van der Waals surface area contributed by atoms with E-state index in [0.29, 0.717) is 27.6 Å². The first-order valence-electron chi connectivity index (χ1n) is 5.77. The number of ketones is 1. The van der Waals surface area contributed by atoms with E-state index in [1.807, 2.05) is 67.8 Å². The fourth-order valence-corrected chi connectivity index (χ4v) is 6.02. The van der Waals surface area contributed by atoms with E-state index in [0.717, 1.165) is 0 Å². The zero-order valence-corrected chi connectivity index (χ0v) is 17.6. The largest absolute Gasteiger partial charge is 0.387 e. The van der Waals surface area contributed by atoms with Crippen LogP contribution < -0.4 is 10.6 Å². The molecule has 0 bridgehead atoms. The average molecular weight is 644 g/mol. The smallest absolute Gasteiger partial charge is 0.250 e. The van der Waals surface area contributed by atoms with Crippen molar-refractivity contribution in [2.24, 2.45) is 0 Å². The number of nitrogens with one attached hydrogen (secondary N) is 2. The van der Waals surface area contributed by atoms with Crippen LogP contribution in [0.2, 0.25) is 0 Å². The highest BCUT2D eigenvalue weighted by Crippen LogP contribution is 2.39. The molecular weight excluding hydrogens is 633 g/mol. The third-order valence-electron chi connectivity index (χ3n) is 2.49. The predicted octanol–water partition coefficient (Wildman–Crippen LogP) is 1.56. The van der Waals surface area contributed by atoms with Crippen molar-refractivity contribution < 1.29 is 24.6 Å². The Balaban J connectivity index is 3.59. The number of anilines is 2. The van der Waals surface area contributed by atoms with E-state index in [4.69, 9.17) is 10.2 Å². The minimum atomic E-state index is -0.702. The Morgan fingerprint density at radius 2 is 1.23 bits per heavy atom. The van der Waals surface area contributed by atoms with Crippen molar-refractivity contribution in [3.8, 4) is 0 Å². The first kappa shape index (κ1) is 20.0. The lowest BCUT2D eigenvalue weighted by Crippen LogP contribution is -2.22. The van der Waals surface area contributed by atoms with Gasteiger partial charge in [0, 0.05) is 12.7 Å². The first-order chi connectivity index (χ1) is 10.2. The minimum Gasteiger partial charge on any atom is -0.387 e. The van der Waals surface area contributed by atoms with Crippen LogP contribution in [0.1, 0.15) is 17.3 Å². The number of aliphatic hydroxyl groups is 2. The van der Waals surface area contributed by atoms with Gasteiger partial charge >= 0.3 is 0 Å². The Morgan fingerprint density at radius 1 is 0.864 bits per heavy atom. The van der Waals surface area contributed by atoms with Crippen LogP contribution in [0, 0.1) is 10.7 Å². The number of amides is 2. The third kappa shape index (κ3) is 4.48. The molecule has 4 N–H and O–H groups in total. The first-order valence-corrected chi connectivity index (χ1v) is 9.01. The minimum absolute atomic E-state index is 0.232. The predicted molar refractivity (Wildman–Crippen MR) is 106 cm³/mol. The number of Topliss-reactive ketones (excluding diaryl/α,β-unsaturated/α-hetero) is 1. The molecule has 10 heteroatoms. The second kappa shape index (κ2) is 8.70. The van der Waals surface area contributed by atoms with Gasteiger partial charge in [0.05, 0.1) is 14.9 Å². The highest BCUT2D eigenvalue weighted by atomic mass is 127. The molecule has 0 aliphatic rings. The van der Waals surface area contributed by atoms with Crippen molar-refractivity contribution in [3.05, 3.63) is 16.3 Å². The van der Waals surface area contributed by atoms with Gasteiger partial charge in [-0.25, -0.2) is 0 Å². The number of carbonyl (C=O) groups is 3. The van der Waals surface area contributed by atoms with Gasteiger partial charge in [-0.05, 0) is 74.7 Å². The molecule has 22 heavy (non-hydrogen) atoms. The Kier molecular flexibility index (Phi) is 7.90. The molecule has 0 radical (unpaired) electrons. The topological polar surface area (TPSA) is 116 Å². The second-order valence-corrected chi connectivity index (χ2v) is 7.27. The fourth-order valence-electron chi connectivity index (χ4n) is 1.55. The van der Waals surface area contributed by atoms with Gasteiger partial charge in [0.15, 0.2) is 5.78 Å². The summed E-state index contributed by atoms with van der Waals surface area (Å²) in [6, 6.07) is 0. The summed E-state index contributed by atoms with van der Waals surface area (Å²) in [4.78, 5) is 34.8. The number of aliphatic hydroxyl groups excluding tert-OH is 2. The molecule has 0 fully saturated rings. The second-order valence-electron chi connectivity index (χ2n) is 4.04. The SMILES string of the molecule is CC(=O)c1c(I)c(NC(=O)CO)c(I)c(NC(=O)CO)c1I. The summed E-state index contributed by atoms with van der Waals surface area (Å²) in [7, 11) is 0. The van der Waals surface area contributed by atoms with E-state index in [1.165, 1.54) is 6.92 Å². The van der Waals surface area contributed by atoms with Crippen LogP contribution in [0.5, 0.6) is 0 Å². The number of rotatable bonds is 5. The molecule has 2 amide bonds. The molecule has 0 aliphatic carbocycles. The standard InChI is InChI=1S/C12H11I3N2O5/c1-4(20)7-8(13)11(16-5(21)2-18)10(15)12(9(7)14)17-6(22)3-19/h18-19H,2-3H2,1H3,(H,16,21)(H,17,22). The number of carbonyl (C=O) groups excluding carboxylic acids is 3. The van der Waals surface area contributed by atoms with E-state index in [1.54, 1.807) is 0 Å². The van der Waals surface area contributed by atoms with E-state index < -0.39 is 25.0 Å². The normalized spacial score (nSPS) is 10.3. The summed E-state index contributed by atoms with van der Waals surface area (Å²) in [5.74, 6) is -1.50. The van der Waals surface area contributed by atoms with Gasteiger partial charge < -0.3 is 20.8 Å². The van der Waals surface area contributed by atoms with E-state index >= 15 is 0 Å². The molecule has 0 atom stereocenters. The lowest BCUT2D eigenvalue weighted by atomic mass is 10.1. The highest BCUT2D eigenvalue weighted by molar-refractivity contribution is 14.1. The van der Waals surface area contributed by atoms with Crippen molar-refractivity contribution in [2.75, 3.05) is 23.8 Å². The molecule has 1 aromatic carbocycles. The Labute approximate surface area is 167 Å². The fraction of sp³-hybridized carbons (Fsp3) is 0.250. The van der Waals surface area contributed by atoms with Gasteiger partial charge in [-0.2, -0.15) is 0 Å². The number of benzene rings is 1. The van der Waals surface area contributed by atoms with Gasteiger partial charge in [-0.15, -0.1) is 0 Å². The maximum Gasteiger partial charge on any atom is 0.250 e. The number of hydrogen-bond donors (Lipinski definition) is 4. The van der Waals surface area contributed by atoms with Crippen LogP contribution in [0.25, 0.3) is 0 Å². The van der Waals surface area contributed by atoms with Crippen molar-refractivity contribution in [2.45, 2.75) is 6.92 Å². The van der Waals surface area contributed by atoms with Crippen molar-refractivity contribution in [1.82, 2.24) is 0 Å². The van der Waals surface area contributed by atoms with Crippen LogP contribution in [0.4, 0.5) is 11.4 Å². The zero-order valence-electron chi connectivity index (χ0n) is 11.2. The van der Waals surface area contributed by atoms with Gasteiger partial charge in [0.1, 0.15) is 13.2 Å². The Morgan fingerprint density at radius 3 is 1.50 bits per heavy atom. The molecule has 0 aliphatic heterocycles. The molecular formula is C12H11I3N2O5. The molecule has 0 spiro atoms. The average Bonchev–Trinajstić information content (AvgIpc) is 2.47.